The van der Waals surface area contributed by atoms with Gasteiger partial charge < -0.3 is 20.9 Å². The standard InChI is InChI=1S/2C6H10N2O2S2.OS/c2*7-4(3-11)5(9)10-6-8-1-2-12-6;1-2/h2*4,11H,1-3,7H2;/t2*4-;/m00./s1. The fourth-order valence-corrected chi connectivity index (χ4v) is 2.89. The lowest BCUT2D eigenvalue weighted by molar-refractivity contribution is -0.137. The van der Waals surface area contributed by atoms with Gasteiger partial charge in [0.15, 0.2) is 12.5 Å². The summed E-state index contributed by atoms with van der Waals surface area (Å²) in [5.41, 5.74) is 10.8. The van der Waals surface area contributed by atoms with Gasteiger partial charge in [-0.15, -0.1) is 0 Å². The van der Waals surface area contributed by atoms with Crippen LogP contribution in [0.1, 0.15) is 0 Å². The molecule has 0 radical (unpaired) electrons. The largest absolute Gasteiger partial charge is 0.400 e. The van der Waals surface area contributed by atoms with E-state index >= 15 is 0 Å². The van der Waals surface area contributed by atoms with Crippen molar-refractivity contribution in [3.63, 3.8) is 0 Å². The van der Waals surface area contributed by atoms with Crippen LogP contribution in [0.3, 0.4) is 0 Å². The predicted molar refractivity (Wildman–Crippen MR) is 114 cm³/mol. The molecule has 0 fully saturated rings. The number of hydrogen-bond donors (Lipinski definition) is 4. The number of hydrogen-bond acceptors (Lipinski definition) is 14. The van der Waals surface area contributed by atoms with Gasteiger partial charge in [0, 0.05) is 23.0 Å². The molecule has 148 valence electrons. The first-order chi connectivity index (χ1) is 12.5. The SMILES string of the molecule is N[C@@H](CS)C(=O)OC1=NCCS1.N[C@@H](CS)C(=O)OC1=NCCS1.O=S. The molecule has 26 heavy (non-hydrogen) atoms. The first-order valence-electron chi connectivity index (χ1n) is 7.15. The molecule has 0 saturated carbocycles. The quantitative estimate of drug-likeness (QED) is 0.318. The molecule has 0 aromatic carbocycles. The van der Waals surface area contributed by atoms with Gasteiger partial charge in [-0.3, -0.25) is 0 Å². The zero-order valence-corrected chi connectivity index (χ0v) is 17.8. The number of esters is 2. The van der Waals surface area contributed by atoms with Gasteiger partial charge in [-0.1, -0.05) is 23.5 Å². The number of carbonyl (C=O) groups excluding carboxylic acids is 2. The summed E-state index contributed by atoms with van der Waals surface area (Å²) in [4.78, 5) is 30.0. The highest BCUT2D eigenvalue weighted by molar-refractivity contribution is 8.14. The molecule has 0 saturated heterocycles. The third-order valence-corrected chi connectivity index (χ3v) is 4.97. The Morgan fingerprint density at radius 1 is 0.962 bits per heavy atom. The summed E-state index contributed by atoms with van der Waals surface area (Å²) in [7, 11) is 0. The third kappa shape index (κ3) is 10.7. The maximum absolute atomic E-state index is 11.0. The van der Waals surface area contributed by atoms with E-state index in [1.165, 1.54) is 23.5 Å². The van der Waals surface area contributed by atoms with Crippen LogP contribution in [0.25, 0.3) is 0 Å². The molecule has 2 heterocycles. The average molecular weight is 461 g/mol. The second-order valence-electron chi connectivity index (χ2n) is 4.41. The van der Waals surface area contributed by atoms with Crippen molar-refractivity contribution in [2.75, 3.05) is 36.1 Å². The summed E-state index contributed by atoms with van der Waals surface area (Å²) in [5.74, 6) is 1.40. The highest BCUT2D eigenvalue weighted by Crippen LogP contribution is 2.13. The van der Waals surface area contributed by atoms with Gasteiger partial charge in [0.05, 0.1) is 13.1 Å². The normalized spacial score (nSPS) is 17.4. The van der Waals surface area contributed by atoms with Gasteiger partial charge in [-0.05, 0) is 0 Å². The van der Waals surface area contributed by atoms with Crippen LogP contribution in [0.15, 0.2) is 9.98 Å². The number of ether oxygens (including phenoxy) is 2. The molecule has 9 nitrogen and oxygen atoms in total. The molecule has 0 aromatic rings. The summed E-state index contributed by atoms with van der Waals surface area (Å²) < 4.78 is 17.6. The fraction of sp³-hybridized carbons (Fsp3) is 0.667. The number of carbonyl (C=O) groups is 2. The highest BCUT2D eigenvalue weighted by atomic mass is 32.2. The monoisotopic (exact) mass is 460 g/mol. The lowest BCUT2D eigenvalue weighted by Crippen LogP contribution is -2.34. The van der Waals surface area contributed by atoms with E-state index in [2.05, 4.69) is 47.8 Å². The molecule has 14 heteroatoms. The first kappa shape index (κ1) is 25.6. The van der Waals surface area contributed by atoms with Crippen molar-refractivity contribution in [2.24, 2.45) is 21.5 Å². The molecule has 0 spiro atoms. The van der Waals surface area contributed by atoms with Gasteiger partial charge in [0.25, 0.3) is 10.5 Å². The average Bonchev–Trinajstić information content (AvgIpc) is 3.36. The van der Waals surface area contributed by atoms with Crippen molar-refractivity contribution >= 4 is 83.7 Å². The van der Waals surface area contributed by atoms with Crippen molar-refractivity contribution in [2.45, 2.75) is 12.1 Å². The van der Waals surface area contributed by atoms with Crippen molar-refractivity contribution in [3.8, 4) is 0 Å². The number of thioether (sulfide) groups is 2. The van der Waals surface area contributed by atoms with Crippen LogP contribution in [0, 0.1) is 0 Å². The number of nitrogens with zero attached hydrogens (tertiary/aromatic N) is 2. The Morgan fingerprint density at radius 3 is 1.54 bits per heavy atom. The van der Waals surface area contributed by atoms with Crippen LogP contribution in [0.4, 0.5) is 0 Å². The van der Waals surface area contributed by atoms with E-state index in [4.69, 9.17) is 25.1 Å². The summed E-state index contributed by atoms with van der Waals surface area (Å²) in [6, 6.07) is -1.31. The van der Waals surface area contributed by atoms with Gasteiger partial charge in [-0.2, -0.15) is 29.5 Å². The molecular formula is C12H20N4O5S5. The van der Waals surface area contributed by atoms with Crippen LogP contribution >= 0.6 is 48.8 Å². The molecule has 2 rings (SSSR count). The number of thiol groups is 2. The Kier molecular flexibility index (Phi) is 15.4. The Labute approximate surface area is 176 Å². The van der Waals surface area contributed by atoms with Gasteiger partial charge in [0.2, 0.25) is 0 Å². The van der Waals surface area contributed by atoms with E-state index in [-0.39, 0.29) is 11.5 Å². The van der Waals surface area contributed by atoms with Gasteiger partial charge in [0.1, 0.15) is 12.1 Å². The molecule has 0 amide bonds. The molecular weight excluding hydrogens is 440 g/mol. The summed E-state index contributed by atoms with van der Waals surface area (Å²) >= 11 is 13.4. The van der Waals surface area contributed by atoms with E-state index in [0.29, 0.717) is 23.5 Å². The minimum atomic E-state index is -0.655. The Morgan fingerprint density at radius 2 is 1.31 bits per heavy atom. The minimum Gasteiger partial charge on any atom is -0.400 e. The van der Waals surface area contributed by atoms with Crippen LogP contribution in [0.5, 0.6) is 0 Å². The Balaban J connectivity index is 0.000000439. The molecule has 0 bridgehead atoms. The van der Waals surface area contributed by atoms with Crippen LogP contribution in [-0.4, -0.2) is 74.8 Å². The first-order valence-corrected chi connectivity index (χ1v) is 10.7. The van der Waals surface area contributed by atoms with E-state index < -0.39 is 24.0 Å². The van der Waals surface area contributed by atoms with E-state index in [9.17, 15) is 9.59 Å². The molecule has 2 atom stereocenters. The highest BCUT2D eigenvalue weighted by Gasteiger charge is 2.19. The van der Waals surface area contributed by atoms with Gasteiger partial charge in [-0.25, -0.2) is 19.6 Å². The van der Waals surface area contributed by atoms with Crippen LogP contribution in [-0.2, 0) is 31.6 Å². The third-order valence-electron chi connectivity index (χ3n) is 2.49. The number of aliphatic imine (C=N–C) groups is 2. The lowest BCUT2D eigenvalue weighted by atomic mass is 10.4. The van der Waals surface area contributed by atoms with Crippen molar-refractivity contribution in [1.29, 1.82) is 0 Å². The molecule has 2 aliphatic rings. The maximum Gasteiger partial charge on any atom is 0.330 e. The topological polar surface area (TPSA) is 146 Å². The van der Waals surface area contributed by atoms with Crippen LogP contribution in [0.2, 0.25) is 0 Å². The summed E-state index contributed by atoms with van der Waals surface area (Å²) in [6.07, 6.45) is 0. The molecule has 0 unspecified atom stereocenters. The number of rotatable bonds is 4. The second kappa shape index (κ2) is 15.7. The molecule has 4 N–H and O–H groups in total. The van der Waals surface area contributed by atoms with Gasteiger partial charge >= 0.3 is 11.9 Å². The Hall–Kier alpha value is -0.380. The lowest BCUT2D eigenvalue weighted by Gasteiger charge is -2.06. The van der Waals surface area contributed by atoms with Crippen molar-refractivity contribution in [3.05, 3.63) is 0 Å². The Bertz CT molecular complexity index is 478. The molecule has 0 aliphatic carbocycles. The van der Waals surface area contributed by atoms with Crippen molar-refractivity contribution in [1.82, 2.24) is 0 Å². The molecule has 2 aliphatic heterocycles. The summed E-state index contributed by atoms with van der Waals surface area (Å²) in [6.45, 7) is 1.42. The van der Waals surface area contributed by atoms with E-state index in [1.54, 1.807) is 0 Å². The molecule has 0 aromatic heterocycles. The zero-order valence-electron chi connectivity index (χ0n) is 13.6. The van der Waals surface area contributed by atoms with E-state index in [1.807, 2.05) is 0 Å². The maximum atomic E-state index is 11.0. The number of nitrogens with two attached hydrogens (primary N) is 2. The predicted octanol–water partition coefficient (Wildman–Crippen LogP) is -0.557. The van der Waals surface area contributed by atoms with E-state index in [0.717, 1.165) is 11.5 Å². The smallest absolute Gasteiger partial charge is 0.330 e. The summed E-state index contributed by atoms with van der Waals surface area (Å²) in [5, 5.41) is 0.856. The van der Waals surface area contributed by atoms with Crippen molar-refractivity contribution < 1.29 is 23.3 Å². The van der Waals surface area contributed by atoms with Crippen LogP contribution < -0.4 is 11.5 Å². The second-order valence-corrected chi connectivity index (χ2v) is 7.24. The minimum absolute atomic E-state index is 0.288. The fourth-order valence-electron chi connectivity index (χ4n) is 1.23. The zero-order chi connectivity index (χ0) is 19.9.